The smallest absolute Gasteiger partial charge is 0.407 e. The van der Waals surface area contributed by atoms with E-state index in [1.165, 1.54) is 0 Å². The van der Waals surface area contributed by atoms with Crippen molar-refractivity contribution in [3.05, 3.63) is 24.3 Å². The summed E-state index contributed by atoms with van der Waals surface area (Å²) >= 11 is 0. The second-order valence-electron chi connectivity index (χ2n) is 6.42. The van der Waals surface area contributed by atoms with E-state index in [9.17, 15) is 9.00 Å². The van der Waals surface area contributed by atoms with Gasteiger partial charge in [0.05, 0.1) is 11.8 Å². The van der Waals surface area contributed by atoms with Gasteiger partial charge in [-0.2, -0.15) is 0 Å². The van der Waals surface area contributed by atoms with Crippen LogP contribution in [-0.2, 0) is 15.7 Å². The van der Waals surface area contributed by atoms with E-state index in [-0.39, 0.29) is 5.25 Å². The van der Waals surface area contributed by atoms with Crippen LogP contribution < -0.4 is 14.8 Å². The minimum Gasteiger partial charge on any atom is -0.492 e. The van der Waals surface area contributed by atoms with Gasteiger partial charge in [0.1, 0.15) is 28.9 Å². The van der Waals surface area contributed by atoms with Crippen molar-refractivity contribution in [1.82, 2.24) is 5.32 Å². The number of nitrogens with one attached hydrogen (secondary N) is 2. The van der Waals surface area contributed by atoms with Crippen LogP contribution in [0.15, 0.2) is 24.3 Å². The highest BCUT2D eigenvalue weighted by molar-refractivity contribution is 7.86. The zero-order valence-electron chi connectivity index (χ0n) is 15.0. The van der Waals surface area contributed by atoms with Crippen molar-refractivity contribution in [3.63, 3.8) is 0 Å². The summed E-state index contributed by atoms with van der Waals surface area (Å²) in [6.07, 6.45) is 0.372. The molecule has 0 saturated heterocycles. The number of alkyl carbamates (subject to hydrolysis) is 1. The monoisotopic (exact) mass is 356 g/mol. The van der Waals surface area contributed by atoms with Crippen LogP contribution in [0.1, 0.15) is 41.0 Å². The molecule has 0 spiro atoms. The predicted octanol–water partition coefficient (Wildman–Crippen LogP) is 3.46. The molecule has 0 aromatic heterocycles. The van der Waals surface area contributed by atoms with Crippen LogP contribution >= 0.6 is 0 Å². The third-order valence-corrected chi connectivity index (χ3v) is 4.53. The summed E-state index contributed by atoms with van der Waals surface area (Å²) in [6, 6.07) is 7.26. The lowest BCUT2D eigenvalue weighted by Gasteiger charge is -2.19. The minimum atomic E-state index is -1.13. The van der Waals surface area contributed by atoms with Crippen LogP contribution in [0.3, 0.4) is 0 Å². The highest BCUT2D eigenvalue weighted by atomic mass is 32.2. The molecule has 2 atom stereocenters. The van der Waals surface area contributed by atoms with E-state index in [1.54, 1.807) is 6.07 Å². The Morgan fingerprint density at radius 2 is 2.04 bits per heavy atom. The van der Waals surface area contributed by atoms with Gasteiger partial charge >= 0.3 is 6.09 Å². The lowest BCUT2D eigenvalue weighted by Crippen LogP contribution is -2.34. The lowest BCUT2D eigenvalue weighted by atomic mass is 10.2. The topological polar surface area (TPSA) is 76.7 Å². The molecule has 7 heteroatoms. The first-order chi connectivity index (χ1) is 11.2. The van der Waals surface area contributed by atoms with E-state index in [0.29, 0.717) is 18.9 Å². The summed E-state index contributed by atoms with van der Waals surface area (Å²) in [7, 11) is -1.13. The summed E-state index contributed by atoms with van der Waals surface area (Å²) < 4.78 is 25.7. The molecule has 0 fully saturated rings. The number of hydrogen-bond acceptors (Lipinski definition) is 4. The molecule has 6 nitrogen and oxygen atoms in total. The fourth-order valence-corrected chi connectivity index (χ4v) is 2.52. The SMILES string of the molecule is CCC(C)S(=O)Nc1cccc(OCCNC(=O)OC(C)(C)C)c1. The first-order valence-electron chi connectivity index (χ1n) is 8.08. The van der Waals surface area contributed by atoms with Crippen LogP contribution in [-0.4, -0.2) is 34.3 Å². The molecule has 1 aromatic carbocycles. The molecule has 1 amide bonds. The van der Waals surface area contributed by atoms with Gasteiger partial charge in [-0.25, -0.2) is 9.00 Å². The number of anilines is 1. The van der Waals surface area contributed by atoms with Crippen molar-refractivity contribution < 1.29 is 18.5 Å². The van der Waals surface area contributed by atoms with Crippen molar-refractivity contribution >= 4 is 22.8 Å². The fourth-order valence-electron chi connectivity index (χ4n) is 1.65. The normalized spacial score (nSPS) is 13.7. The molecule has 0 aliphatic heterocycles. The quantitative estimate of drug-likeness (QED) is 0.699. The number of benzene rings is 1. The molecule has 1 aromatic rings. The van der Waals surface area contributed by atoms with E-state index < -0.39 is 22.7 Å². The molecule has 24 heavy (non-hydrogen) atoms. The van der Waals surface area contributed by atoms with Gasteiger partial charge < -0.3 is 19.5 Å². The van der Waals surface area contributed by atoms with Crippen molar-refractivity contribution in [1.29, 1.82) is 0 Å². The number of carbonyl (C=O) groups excluding carboxylic acids is 1. The Balaban J connectivity index is 2.40. The van der Waals surface area contributed by atoms with Gasteiger partial charge in [-0.3, -0.25) is 0 Å². The summed E-state index contributed by atoms with van der Waals surface area (Å²) in [5.41, 5.74) is 0.224. The Hall–Kier alpha value is -1.76. The number of ether oxygens (including phenoxy) is 2. The first kappa shape index (κ1) is 20.3. The zero-order valence-corrected chi connectivity index (χ0v) is 15.9. The molecular formula is C17H28N2O4S. The van der Waals surface area contributed by atoms with Crippen LogP contribution in [0.5, 0.6) is 5.75 Å². The second-order valence-corrected chi connectivity index (χ2v) is 8.03. The van der Waals surface area contributed by atoms with Crippen molar-refractivity contribution in [2.75, 3.05) is 17.9 Å². The molecule has 0 aliphatic carbocycles. The molecule has 0 heterocycles. The van der Waals surface area contributed by atoms with Gasteiger partial charge in [0.2, 0.25) is 0 Å². The van der Waals surface area contributed by atoms with Crippen LogP contribution in [0.2, 0.25) is 0 Å². The second kappa shape index (κ2) is 9.52. The maximum Gasteiger partial charge on any atom is 0.407 e. The summed E-state index contributed by atoms with van der Waals surface area (Å²) in [4.78, 5) is 11.5. The summed E-state index contributed by atoms with van der Waals surface area (Å²) in [5, 5.41) is 2.70. The number of hydrogen-bond donors (Lipinski definition) is 2. The molecule has 0 bridgehead atoms. The molecule has 0 radical (unpaired) electrons. The maximum absolute atomic E-state index is 12.0. The van der Waals surface area contributed by atoms with Gasteiger partial charge in [-0.15, -0.1) is 0 Å². The van der Waals surface area contributed by atoms with Crippen molar-refractivity contribution in [3.8, 4) is 5.75 Å². The van der Waals surface area contributed by atoms with E-state index in [2.05, 4.69) is 10.0 Å². The highest BCUT2D eigenvalue weighted by Gasteiger charge is 2.15. The average Bonchev–Trinajstić information content (AvgIpc) is 2.49. The third-order valence-electron chi connectivity index (χ3n) is 3.03. The minimum absolute atomic E-state index is 0.0765. The van der Waals surface area contributed by atoms with Crippen LogP contribution in [0.4, 0.5) is 10.5 Å². The average molecular weight is 356 g/mol. The third kappa shape index (κ3) is 8.19. The molecule has 2 unspecified atom stereocenters. The van der Waals surface area contributed by atoms with Gasteiger partial charge in [-0.1, -0.05) is 13.0 Å². The lowest BCUT2D eigenvalue weighted by molar-refractivity contribution is 0.0520. The van der Waals surface area contributed by atoms with Gasteiger partial charge in [0.15, 0.2) is 0 Å². The maximum atomic E-state index is 12.0. The Bertz CT molecular complexity index is 558. The van der Waals surface area contributed by atoms with E-state index in [0.717, 1.165) is 12.1 Å². The van der Waals surface area contributed by atoms with Crippen molar-refractivity contribution in [2.24, 2.45) is 0 Å². The predicted molar refractivity (Wildman–Crippen MR) is 97.7 cm³/mol. The largest absolute Gasteiger partial charge is 0.492 e. The summed E-state index contributed by atoms with van der Waals surface area (Å²) in [6.45, 7) is 10.0. The highest BCUT2D eigenvalue weighted by Crippen LogP contribution is 2.18. The van der Waals surface area contributed by atoms with Gasteiger partial charge in [0.25, 0.3) is 0 Å². The van der Waals surface area contributed by atoms with Crippen LogP contribution in [0, 0.1) is 0 Å². The first-order valence-corrected chi connectivity index (χ1v) is 9.29. The van der Waals surface area contributed by atoms with Crippen molar-refractivity contribution in [2.45, 2.75) is 51.9 Å². The molecule has 1 rings (SSSR count). The van der Waals surface area contributed by atoms with E-state index in [4.69, 9.17) is 9.47 Å². The Labute approximate surface area is 146 Å². The Morgan fingerprint density at radius 1 is 1.33 bits per heavy atom. The zero-order chi connectivity index (χ0) is 18.2. The number of carbonyl (C=O) groups is 1. The summed E-state index contributed by atoms with van der Waals surface area (Å²) in [5.74, 6) is 0.646. The van der Waals surface area contributed by atoms with Gasteiger partial charge in [0, 0.05) is 11.8 Å². The van der Waals surface area contributed by atoms with E-state index in [1.807, 2.05) is 52.8 Å². The molecular weight excluding hydrogens is 328 g/mol. The molecule has 0 aliphatic rings. The molecule has 136 valence electrons. The van der Waals surface area contributed by atoms with Crippen LogP contribution in [0.25, 0.3) is 0 Å². The Kier molecular flexibility index (Phi) is 8.04. The molecule has 2 N–H and O–H groups in total. The number of rotatable bonds is 8. The Morgan fingerprint density at radius 3 is 2.67 bits per heavy atom. The molecule has 0 saturated carbocycles. The fraction of sp³-hybridized carbons (Fsp3) is 0.588. The standard InChI is InChI=1S/C17H28N2O4S/c1-6-13(2)24(21)19-14-8-7-9-15(12-14)22-11-10-18-16(20)23-17(3,4)5/h7-9,12-13,19H,6,10-11H2,1-5H3,(H,18,20). The van der Waals surface area contributed by atoms with Gasteiger partial charge in [-0.05, 0) is 46.2 Å². The number of amides is 1. The van der Waals surface area contributed by atoms with E-state index >= 15 is 0 Å².